The fourth-order valence-corrected chi connectivity index (χ4v) is 4.88. The number of hydrogen-bond donors (Lipinski definition) is 0. The average Bonchev–Trinajstić information content (AvgIpc) is 3.28. The zero-order valence-electron chi connectivity index (χ0n) is 18.4. The molecule has 0 saturated carbocycles. The molecular formula is C25H25F3N4O. The second-order valence-corrected chi connectivity index (χ2v) is 8.69. The van der Waals surface area contributed by atoms with Gasteiger partial charge in [-0.2, -0.15) is 13.2 Å². The number of amides is 1. The highest BCUT2D eigenvalue weighted by Crippen LogP contribution is 2.35. The Morgan fingerprint density at radius 1 is 0.970 bits per heavy atom. The Labute approximate surface area is 190 Å². The minimum absolute atomic E-state index is 0.0736. The molecule has 0 fully saturated rings. The van der Waals surface area contributed by atoms with Gasteiger partial charge in [0.2, 0.25) is 5.96 Å². The quantitative estimate of drug-likeness (QED) is 0.696. The van der Waals surface area contributed by atoms with Crippen molar-refractivity contribution in [3.05, 3.63) is 82.1 Å². The highest BCUT2D eigenvalue weighted by Gasteiger charge is 2.42. The van der Waals surface area contributed by atoms with E-state index in [0.29, 0.717) is 31.2 Å². The molecule has 3 aliphatic rings. The number of aliphatic imine (C=N–C) groups is 1. The standard InChI is InChI=1S/C25H25F3N4O/c1-17-6-2-3-7-18(17)14-30-12-10-22-20(16-30)23(33)32(24-29-11-13-31(22)24)15-19-8-4-5-9-21(19)25(26,27)28/h2-9H,10-16H2,1H3. The normalized spacial score (nSPS) is 19.0. The molecule has 0 atom stereocenters. The van der Waals surface area contributed by atoms with Crippen LogP contribution in [0.1, 0.15) is 28.7 Å². The van der Waals surface area contributed by atoms with Crippen LogP contribution in [0, 0.1) is 6.92 Å². The largest absolute Gasteiger partial charge is 0.416 e. The lowest BCUT2D eigenvalue weighted by Gasteiger charge is -2.42. The molecule has 0 aliphatic carbocycles. The molecule has 33 heavy (non-hydrogen) atoms. The second-order valence-electron chi connectivity index (χ2n) is 8.69. The molecule has 172 valence electrons. The van der Waals surface area contributed by atoms with Crippen LogP contribution in [-0.4, -0.2) is 52.7 Å². The lowest BCUT2D eigenvalue weighted by atomic mass is 9.99. The Hall–Kier alpha value is -3.13. The van der Waals surface area contributed by atoms with Crippen LogP contribution in [0.5, 0.6) is 0 Å². The minimum atomic E-state index is -4.48. The van der Waals surface area contributed by atoms with Crippen LogP contribution in [0.25, 0.3) is 0 Å². The first-order valence-corrected chi connectivity index (χ1v) is 11.1. The Kier molecular flexibility index (Phi) is 5.48. The third-order valence-corrected chi connectivity index (χ3v) is 6.59. The van der Waals surface area contributed by atoms with E-state index in [-0.39, 0.29) is 18.0 Å². The molecule has 3 aliphatic heterocycles. The van der Waals surface area contributed by atoms with Crippen LogP contribution in [0.2, 0.25) is 0 Å². The first kappa shape index (κ1) is 21.7. The molecule has 8 heteroatoms. The van der Waals surface area contributed by atoms with E-state index in [1.54, 1.807) is 6.07 Å². The first-order chi connectivity index (χ1) is 15.8. The fourth-order valence-electron chi connectivity index (χ4n) is 4.88. The van der Waals surface area contributed by atoms with Crippen LogP contribution in [0.3, 0.4) is 0 Å². The molecule has 0 spiro atoms. The SMILES string of the molecule is Cc1ccccc1CN1CCC2=C(C1)C(=O)N(Cc1ccccc1C(F)(F)F)C1=NCCN12. The summed E-state index contributed by atoms with van der Waals surface area (Å²) in [4.78, 5) is 23.8. The van der Waals surface area contributed by atoms with Crippen molar-refractivity contribution in [1.29, 1.82) is 0 Å². The third kappa shape index (κ3) is 4.04. The summed E-state index contributed by atoms with van der Waals surface area (Å²) in [5.74, 6) is 0.233. The van der Waals surface area contributed by atoms with Crippen LogP contribution in [-0.2, 0) is 24.1 Å². The predicted octanol–water partition coefficient (Wildman–Crippen LogP) is 4.19. The zero-order chi connectivity index (χ0) is 23.2. The number of carbonyl (C=O) groups excluding carboxylic acids is 1. The summed E-state index contributed by atoms with van der Waals surface area (Å²) in [6.45, 7) is 5.13. The number of halogens is 3. The van der Waals surface area contributed by atoms with Gasteiger partial charge in [0.1, 0.15) is 0 Å². The molecule has 0 radical (unpaired) electrons. The summed E-state index contributed by atoms with van der Waals surface area (Å²) >= 11 is 0. The molecule has 2 aromatic carbocycles. The van der Waals surface area contributed by atoms with Crippen LogP contribution < -0.4 is 0 Å². The van der Waals surface area contributed by atoms with Crippen LogP contribution >= 0.6 is 0 Å². The van der Waals surface area contributed by atoms with Gasteiger partial charge in [-0.15, -0.1) is 0 Å². The topological polar surface area (TPSA) is 39.2 Å². The van der Waals surface area contributed by atoms with Gasteiger partial charge in [0.05, 0.1) is 24.2 Å². The maximum atomic E-state index is 13.6. The molecule has 1 amide bonds. The summed E-state index contributed by atoms with van der Waals surface area (Å²) in [6, 6.07) is 13.6. The first-order valence-electron chi connectivity index (χ1n) is 11.1. The molecule has 2 aromatic rings. The highest BCUT2D eigenvalue weighted by atomic mass is 19.4. The van der Waals surface area contributed by atoms with Crippen molar-refractivity contribution in [2.45, 2.75) is 32.6 Å². The van der Waals surface area contributed by atoms with Crippen molar-refractivity contribution < 1.29 is 18.0 Å². The Bertz CT molecular complexity index is 1150. The van der Waals surface area contributed by atoms with Gasteiger partial charge in [0.25, 0.3) is 5.91 Å². The molecule has 5 rings (SSSR count). The van der Waals surface area contributed by atoms with E-state index in [9.17, 15) is 18.0 Å². The van der Waals surface area contributed by atoms with E-state index in [1.807, 2.05) is 17.0 Å². The van der Waals surface area contributed by atoms with Gasteiger partial charge in [-0.1, -0.05) is 42.5 Å². The summed E-state index contributed by atoms with van der Waals surface area (Å²) in [6.07, 6.45) is -3.76. The van der Waals surface area contributed by atoms with E-state index in [1.165, 1.54) is 28.2 Å². The Balaban J connectivity index is 1.43. The van der Waals surface area contributed by atoms with Crippen LogP contribution in [0.15, 0.2) is 64.8 Å². The Morgan fingerprint density at radius 2 is 1.70 bits per heavy atom. The fraction of sp³-hybridized carbons (Fsp3) is 0.360. The maximum absolute atomic E-state index is 13.6. The average molecular weight is 454 g/mol. The smallest absolute Gasteiger partial charge is 0.314 e. The summed E-state index contributed by atoms with van der Waals surface area (Å²) < 4.78 is 40.7. The lowest BCUT2D eigenvalue weighted by molar-refractivity contribution is -0.139. The summed E-state index contributed by atoms with van der Waals surface area (Å²) in [5.41, 5.74) is 3.41. The van der Waals surface area contributed by atoms with Crippen molar-refractivity contribution in [2.75, 3.05) is 26.2 Å². The molecule has 5 nitrogen and oxygen atoms in total. The van der Waals surface area contributed by atoms with Crippen LogP contribution in [0.4, 0.5) is 13.2 Å². The number of nitrogens with zero attached hydrogens (tertiary/aromatic N) is 4. The van der Waals surface area contributed by atoms with Gasteiger partial charge in [0, 0.05) is 38.3 Å². The van der Waals surface area contributed by atoms with Crippen molar-refractivity contribution in [1.82, 2.24) is 14.7 Å². The van der Waals surface area contributed by atoms with E-state index in [0.717, 1.165) is 31.3 Å². The third-order valence-electron chi connectivity index (χ3n) is 6.59. The Morgan fingerprint density at radius 3 is 2.45 bits per heavy atom. The van der Waals surface area contributed by atoms with Gasteiger partial charge < -0.3 is 4.90 Å². The number of fused-ring (bicyclic) bond motifs is 2. The minimum Gasteiger partial charge on any atom is -0.314 e. The van der Waals surface area contributed by atoms with E-state index in [4.69, 9.17) is 0 Å². The molecule has 0 bridgehead atoms. The number of carbonyl (C=O) groups is 1. The predicted molar refractivity (Wildman–Crippen MR) is 119 cm³/mol. The number of aryl methyl sites for hydroxylation is 1. The molecule has 0 saturated heterocycles. The van der Waals surface area contributed by atoms with Crippen molar-refractivity contribution >= 4 is 11.9 Å². The van der Waals surface area contributed by atoms with E-state index >= 15 is 0 Å². The van der Waals surface area contributed by atoms with Gasteiger partial charge >= 0.3 is 6.18 Å². The number of alkyl halides is 3. The van der Waals surface area contributed by atoms with E-state index in [2.05, 4.69) is 28.9 Å². The van der Waals surface area contributed by atoms with Gasteiger partial charge in [0.15, 0.2) is 0 Å². The zero-order valence-corrected chi connectivity index (χ0v) is 18.4. The van der Waals surface area contributed by atoms with Gasteiger partial charge in [-0.25, -0.2) is 0 Å². The highest BCUT2D eigenvalue weighted by molar-refractivity contribution is 6.09. The number of hydrogen-bond acceptors (Lipinski definition) is 4. The summed E-state index contributed by atoms with van der Waals surface area (Å²) in [5, 5.41) is 0. The molecule has 3 heterocycles. The monoisotopic (exact) mass is 454 g/mol. The second kappa shape index (κ2) is 8.33. The number of benzene rings is 2. The lowest BCUT2D eigenvalue weighted by Crippen LogP contribution is -2.53. The number of guanidine groups is 1. The molecule has 0 aromatic heterocycles. The molecule has 0 unspecified atom stereocenters. The van der Waals surface area contributed by atoms with E-state index < -0.39 is 11.7 Å². The number of rotatable bonds is 4. The van der Waals surface area contributed by atoms with Crippen molar-refractivity contribution in [3.63, 3.8) is 0 Å². The molecule has 0 N–H and O–H groups in total. The summed E-state index contributed by atoms with van der Waals surface area (Å²) in [7, 11) is 0. The molecular weight excluding hydrogens is 429 g/mol. The van der Waals surface area contributed by atoms with Crippen molar-refractivity contribution in [2.24, 2.45) is 4.99 Å². The van der Waals surface area contributed by atoms with Crippen molar-refractivity contribution in [3.8, 4) is 0 Å². The maximum Gasteiger partial charge on any atom is 0.416 e. The van der Waals surface area contributed by atoms with Gasteiger partial charge in [-0.3, -0.25) is 19.6 Å². The van der Waals surface area contributed by atoms with Gasteiger partial charge in [-0.05, 0) is 29.7 Å².